The Labute approximate surface area is 472 Å². The molecule has 0 fully saturated rings. The molecule has 0 aromatic heterocycles. The fourth-order valence-corrected chi connectivity index (χ4v) is 9.15. The normalized spacial score (nSPS) is 14.4. The molecule has 24 nitrogen and oxygen atoms in total. The second-order valence-electron chi connectivity index (χ2n) is 17.4. The lowest BCUT2D eigenvalue weighted by molar-refractivity contribution is -0.224. The highest BCUT2D eigenvalue weighted by Crippen LogP contribution is 2.46. The molecule has 460 valence electrons. The molecule has 0 aliphatic heterocycles. The van der Waals surface area contributed by atoms with Gasteiger partial charge in [0.2, 0.25) is 0 Å². The molecule has 0 amide bonds. The Morgan fingerprint density at radius 3 is 1.53 bits per heavy atom. The lowest BCUT2D eigenvalue weighted by atomic mass is 10.1. The van der Waals surface area contributed by atoms with Crippen molar-refractivity contribution >= 4 is 43.7 Å². The second-order valence-corrected chi connectivity index (χ2v) is 23.7. The van der Waals surface area contributed by atoms with Crippen LogP contribution in [-0.2, 0) is 54.8 Å². The number of nitriles is 1. The number of phosphoric ester groups is 2. The minimum atomic E-state index is -3.99. The van der Waals surface area contributed by atoms with Gasteiger partial charge in [0.05, 0.1) is 69.4 Å². The largest absolute Gasteiger partial charge is 0.779 e. The molecule has 0 aliphatic rings. The van der Waals surface area contributed by atoms with Crippen LogP contribution in [0.2, 0.25) is 0 Å². The number of benzene rings is 2. The molecule has 2 aromatic carbocycles. The Hall–Kier alpha value is -2.65. The van der Waals surface area contributed by atoms with E-state index >= 15 is 0 Å². The van der Waals surface area contributed by atoms with Gasteiger partial charge in [-0.2, -0.15) is 5.26 Å². The zero-order valence-corrected chi connectivity index (χ0v) is 51.8. The Morgan fingerprint density at radius 1 is 0.671 bits per heavy atom. The second kappa shape index (κ2) is 52.2. The summed E-state index contributed by atoms with van der Waals surface area (Å²) in [5.74, 6) is -0.918. The number of carbonyl (C=O) groups is 2. The van der Waals surface area contributed by atoms with E-state index in [0.29, 0.717) is 69.3 Å². The number of phosphoric acid groups is 2. The van der Waals surface area contributed by atoms with Crippen LogP contribution in [0.4, 0.5) is 0 Å². The van der Waals surface area contributed by atoms with Gasteiger partial charge in [0.1, 0.15) is 20.3 Å². The van der Waals surface area contributed by atoms with Gasteiger partial charge in [-0.05, 0) is 163 Å². The van der Waals surface area contributed by atoms with Gasteiger partial charge in [-0.3, -0.25) is 9.13 Å². The topological polar surface area (TPSA) is 355 Å². The summed E-state index contributed by atoms with van der Waals surface area (Å²) in [4.78, 5) is 56.9. The van der Waals surface area contributed by atoms with Gasteiger partial charge in [0.15, 0.2) is 0 Å². The number of esters is 2. The first-order valence-electron chi connectivity index (χ1n) is 26.3. The van der Waals surface area contributed by atoms with Crippen molar-refractivity contribution in [1.82, 2.24) is 15.3 Å². The summed E-state index contributed by atoms with van der Waals surface area (Å²) >= 11 is 0. The summed E-state index contributed by atoms with van der Waals surface area (Å²) in [6, 6.07) is 20.0. The minimum absolute atomic E-state index is 0.0361. The molecule has 2 aromatic rings. The molecule has 0 spiro atoms. The van der Waals surface area contributed by atoms with Crippen LogP contribution in [0.1, 0.15) is 132 Å². The van der Waals surface area contributed by atoms with E-state index in [4.69, 9.17) is 34.0 Å². The maximum absolute atomic E-state index is 12.6. The molecule has 0 aliphatic carbocycles. The van der Waals surface area contributed by atoms with E-state index in [1.807, 2.05) is 26.2 Å². The van der Waals surface area contributed by atoms with Crippen molar-refractivity contribution in [3.8, 4) is 6.07 Å². The summed E-state index contributed by atoms with van der Waals surface area (Å²) in [6.07, 6.45) is 8.00. The summed E-state index contributed by atoms with van der Waals surface area (Å²) in [5.41, 5.74) is 5.39. The van der Waals surface area contributed by atoms with Gasteiger partial charge in [0, 0.05) is 33.0 Å². The molecule has 0 bridgehead atoms. The van der Waals surface area contributed by atoms with Gasteiger partial charge >= 0.3 is 11.9 Å². The van der Waals surface area contributed by atoms with Crippen molar-refractivity contribution in [3.05, 3.63) is 71.8 Å². The smallest absolute Gasteiger partial charge is 0.338 e. The van der Waals surface area contributed by atoms with E-state index in [0.717, 1.165) is 72.5 Å². The van der Waals surface area contributed by atoms with E-state index in [1.54, 1.807) is 48.5 Å². The zero-order chi connectivity index (χ0) is 60.4. The highest BCUT2D eigenvalue weighted by Gasteiger charge is 2.27. The van der Waals surface area contributed by atoms with Crippen LogP contribution in [0.15, 0.2) is 60.7 Å². The first kappa shape index (κ1) is 80.6. The number of nitrogens with one attached hydrogen (secondary N) is 2. The fraction of sp³-hybridized carbons (Fsp3) is 0.706. The van der Waals surface area contributed by atoms with Gasteiger partial charge in [0.25, 0.3) is 24.2 Å². The zero-order valence-electron chi connectivity index (χ0n) is 48.2. The van der Waals surface area contributed by atoms with Crippen molar-refractivity contribution in [3.63, 3.8) is 0 Å². The highest BCUT2D eigenvalue weighted by atomic mass is 31.2. The molecule has 0 heterocycles. The lowest BCUT2D eigenvalue weighted by Gasteiger charge is -2.35. The average Bonchev–Trinajstić information content (AvgIpc) is 3.42. The van der Waals surface area contributed by atoms with Crippen LogP contribution in [0.5, 0.6) is 0 Å². The molecule has 6 unspecified atom stereocenters. The van der Waals surface area contributed by atoms with Crippen molar-refractivity contribution in [2.24, 2.45) is 5.73 Å². The van der Waals surface area contributed by atoms with E-state index in [1.165, 1.54) is 7.05 Å². The number of aliphatic hydroxyl groups excluding tert-OH is 2. The van der Waals surface area contributed by atoms with Gasteiger partial charge < -0.3 is 87.0 Å². The van der Waals surface area contributed by atoms with Crippen LogP contribution in [0, 0.1) is 11.3 Å². The molecule has 2 rings (SSSR count). The van der Waals surface area contributed by atoms with Gasteiger partial charge in [-0.25, -0.2) is 14.3 Å². The number of hydrogen-bond acceptors (Lipinski definition) is 24. The third-order valence-electron chi connectivity index (χ3n) is 10.0. The summed E-state index contributed by atoms with van der Waals surface area (Å²) < 4.78 is 79.0. The van der Waals surface area contributed by atoms with E-state index in [9.17, 15) is 38.0 Å². The number of nitrogens with zero attached hydrogens (tertiary/aromatic N) is 2. The van der Waals surface area contributed by atoms with Crippen LogP contribution >= 0.6 is 31.8 Å². The molecule has 0 saturated carbocycles. The number of aliphatic hydroxyl groups is 2. The number of hydrogen-bond donors (Lipinski definition) is 5. The first-order chi connectivity index (χ1) is 37.5. The summed E-state index contributed by atoms with van der Waals surface area (Å²) in [6.45, 7) is 12.3. The van der Waals surface area contributed by atoms with Gasteiger partial charge in [-0.1, -0.05) is 36.4 Å². The van der Waals surface area contributed by atoms with Crippen molar-refractivity contribution < 1.29 is 89.3 Å². The Balaban J connectivity index is -0.00000115. The van der Waals surface area contributed by atoms with E-state index in [2.05, 4.69) is 77.4 Å². The minimum Gasteiger partial charge on any atom is -0.779 e. The molecular formula is C51H94N5O19P4-3. The monoisotopic (exact) mass is 1200 g/mol. The Bertz CT molecular complexity index is 1900. The van der Waals surface area contributed by atoms with Crippen LogP contribution < -0.4 is 31.0 Å². The molecule has 28 heteroatoms. The number of ether oxygens (including phenoxy) is 2. The van der Waals surface area contributed by atoms with Crippen molar-refractivity contribution in [2.45, 2.75) is 135 Å². The van der Waals surface area contributed by atoms with Crippen molar-refractivity contribution in [2.75, 3.05) is 101 Å². The SMILES string of the molecule is CC(C)N(C(C)C)P(OCCC#N)OCCCCC(COC(=O)c1ccccc1)OC(=O)c1ccccc1.CN.CNCCCCCOP(=O)([O-])OC.CNCCCCCOP(=O)([O-])OC.CP(=O)([O-])OCCCCC(O)CO. The van der Waals surface area contributed by atoms with Crippen LogP contribution in [0.3, 0.4) is 0 Å². The third-order valence-corrected chi connectivity index (χ3v) is 14.7. The summed E-state index contributed by atoms with van der Waals surface area (Å²) in [7, 11) is -5.44. The average molecular weight is 1210 g/mol. The number of carbonyl (C=O) groups excluding carboxylic acids is 2. The molecule has 6 atom stereocenters. The van der Waals surface area contributed by atoms with E-state index in [-0.39, 0.29) is 45.1 Å². The molecule has 0 saturated heterocycles. The van der Waals surface area contributed by atoms with Gasteiger partial charge in [-0.15, -0.1) is 0 Å². The Kier molecular flexibility index (Phi) is 53.2. The highest BCUT2D eigenvalue weighted by molar-refractivity contribution is 7.50. The predicted molar refractivity (Wildman–Crippen MR) is 301 cm³/mol. The number of rotatable bonds is 40. The maximum Gasteiger partial charge on any atom is 0.338 e. The third kappa shape index (κ3) is 49.7. The van der Waals surface area contributed by atoms with E-state index < -0.39 is 55.9 Å². The fourth-order valence-electron chi connectivity index (χ4n) is 6.15. The Morgan fingerprint density at radius 2 is 1.10 bits per heavy atom. The first-order valence-corrected chi connectivity index (χ1v) is 32.4. The lowest BCUT2D eigenvalue weighted by Crippen LogP contribution is -2.33. The molecule has 6 N–H and O–H groups in total. The standard InChI is InChI=1S/C29H39N2O6P.2C7H18NO4P.C7H17O5P.CH5N/c1-23(2)31(24(3)4)38(36-21-13-19-30)35-20-12-11-18-27(37-29(33)26-16-9-6-10-17-26)22-34-28(32)25-14-7-5-8-15-25;2*1-8-6-4-3-5-7-12-13(9,10)11-2;1-13(10,11)12-5-3-2-4-7(9)6-8;1-2/h5-10,14-17,23-24,27H,11-13,18,20-22H2,1-4H3;2*8H,3-7H2,1-2H3,(H,9,10);7-9H,2-6H2,1H3,(H,10,11);2H2,1H3/p-3. The number of unbranched alkanes of at least 4 members (excludes halogenated alkanes) is 6. The summed E-state index contributed by atoms with van der Waals surface area (Å²) in [5, 5.41) is 32.2. The molecule has 0 radical (unpaired) electrons. The molecule has 79 heavy (non-hydrogen) atoms. The molecular weight excluding hydrogens is 1110 g/mol. The quantitative estimate of drug-likeness (QED) is 0.0259. The predicted octanol–water partition coefficient (Wildman–Crippen LogP) is 6.83. The maximum atomic E-state index is 12.6. The van der Waals surface area contributed by atoms with Crippen LogP contribution in [-0.4, -0.2) is 152 Å². The number of nitrogens with two attached hydrogens (primary N) is 1. The van der Waals surface area contributed by atoms with Crippen LogP contribution in [0.25, 0.3) is 0 Å². The van der Waals surface area contributed by atoms with Crippen molar-refractivity contribution in [1.29, 1.82) is 5.26 Å².